The van der Waals surface area contributed by atoms with Crippen LogP contribution in [0.2, 0.25) is 0 Å². The largest absolute Gasteiger partial charge is 0.398 e. The highest BCUT2D eigenvalue weighted by Gasteiger charge is 2.06. The first kappa shape index (κ1) is 9.11. The van der Waals surface area contributed by atoms with Crippen LogP contribution in [0.4, 0.5) is 5.69 Å². The van der Waals surface area contributed by atoms with Gasteiger partial charge in [0, 0.05) is 5.69 Å². The van der Waals surface area contributed by atoms with E-state index in [0.29, 0.717) is 5.92 Å². The Morgan fingerprint density at radius 2 is 2.00 bits per heavy atom. The molecule has 0 aromatic heterocycles. The van der Waals surface area contributed by atoms with E-state index in [9.17, 15) is 0 Å². The van der Waals surface area contributed by atoms with Crippen LogP contribution in [-0.4, -0.2) is 0 Å². The predicted octanol–water partition coefficient (Wildman–Crippen LogP) is 2.95. The van der Waals surface area contributed by atoms with Gasteiger partial charge in [-0.05, 0) is 29.5 Å². The summed E-state index contributed by atoms with van der Waals surface area (Å²) in [5.74, 6) is 0.573. The van der Waals surface area contributed by atoms with Crippen LogP contribution in [0.15, 0.2) is 18.2 Å². The molecule has 12 heavy (non-hydrogen) atoms. The van der Waals surface area contributed by atoms with Crippen molar-refractivity contribution in [2.45, 2.75) is 33.1 Å². The van der Waals surface area contributed by atoms with Gasteiger partial charge in [0.1, 0.15) is 0 Å². The van der Waals surface area contributed by atoms with Crippen LogP contribution >= 0.6 is 0 Å². The van der Waals surface area contributed by atoms with E-state index in [0.717, 1.165) is 12.1 Å². The summed E-state index contributed by atoms with van der Waals surface area (Å²) in [5.41, 5.74) is 9.50. The fourth-order valence-corrected chi connectivity index (χ4v) is 1.57. The molecule has 1 nitrogen and oxygen atoms in total. The summed E-state index contributed by atoms with van der Waals surface area (Å²) in [5, 5.41) is 0. The third-order valence-corrected chi connectivity index (χ3v) is 2.22. The number of nitrogens with two attached hydrogens (primary N) is 1. The quantitative estimate of drug-likeness (QED) is 0.666. The number of hydrogen-bond donors (Lipinski definition) is 1. The van der Waals surface area contributed by atoms with Crippen LogP contribution in [0.5, 0.6) is 0 Å². The average Bonchev–Trinajstić information content (AvgIpc) is 2.03. The third kappa shape index (κ3) is 1.60. The van der Waals surface area contributed by atoms with E-state index in [2.05, 4.69) is 26.8 Å². The molecule has 1 heteroatoms. The number of rotatable bonds is 2. The minimum Gasteiger partial charge on any atom is -0.398 e. The molecule has 66 valence electrons. The number of nitrogen functional groups attached to an aromatic ring is 1. The molecule has 0 aliphatic heterocycles. The zero-order valence-corrected chi connectivity index (χ0v) is 8.09. The van der Waals surface area contributed by atoms with E-state index < -0.39 is 0 Å². The number of hydrogen-bond acceptors (Lipinski definition) is 1. The summed E-state index contributed by atoms with van der Waals surface area (Å²) in [7, 11) is 0. The van der Waals surface area contributed by atoms with Crippen LogP contribution in [0.1, 0.15) is 37.8 Å². The Balaban J connectivity index is 3.18. The lowest BCUT2D eigenvalue weighted by molar-refractivity contribution is 0.846. The van der Waals surface area contributed by atoms with Gasteiger partial charge < -0.3 is 5.73 Å². The van der Waals surface area contributed by atoms with Crippen molar-refractivity contribution in [3.63, 3.8) is 0 Å². The molecule has 1 rings (SSSR count). The van der Waals surface area contributed by atoms with E-state index >= 15 is 0 Å². The molecule has 1 aromatic rings. The molecule has 0 aliphatic carbocycles. The normalized spacial score (nSPS) is 10.7. The summed E-state index contributed by atoms with van der Waals surface area (Å²) >= 11 is 0. The Bertz CT molecular complexity index is 264. The van der Waals surface area contributed by atoms with Crippen LogP contribution < -0.4 is 5.73 Å². The molecule has 0 saturated carbocycles. The summed E-state index contributed by atoms with van der Waals surface area (Å²) in [6.07, 6.45) is 1.03. The van der Waals surface area contributed by atoms with Crippen molar-refractivity contribution in [3.8, 4) is 0 Å². The Morgan fingerprint density at radius 3 is 2.42 bits per heavy atom. The predicted molar refractivity (Wildman–Crippen MR) is 54.3 cm³/mol. The maximum absolute atomic E-state index is 5.87. The van der Waals surface area contributed by atoms with E-state index in [1.807, 2.05) is 12.1 Å². The number of anilines is 1. The lowest BCUT2D eigenvalue weighted by Gasteiger charge is -2.13. The van der Waals surface area contributed by atoms with Crippen molar-refractivity contribution in [2.24, 2.45) is 0 Å². The van der Waals surface area contributed by atoms with Crippen molar-refractivity contribution in [2.75, 3.05) is 5.73 Å². The first-order valence-corrected chi connectivity index (χ1v) is 4.54. The Labute approximate surface area is 74.6 Å². The fourth-order valence-electron chi connectivity index (χ4n) is 1.57. The molecule has 0 atom stereocenters. The Morgan fingerprint density at radius 1 is 1.33 bits per heavy atom. The molecule has 0 heterocycles. The van der Waals surface area contributed by atoms with Crippen molar-refractivity contribution in [1.82, 2.24) is 0 Å². The second-order valence-corrected chi connectivity index (χ2v) is 3.42. The highest BCUT2D eigenvalue weighted by molar-refractivity contribution is 5.51. The summed E-state index contributed by atoms with van der Waals surface area (Å²) in [4.78, 5) is 0. The van der Waals surface area contributed by atoms with Crippen LogP contribution in [0, 0.1) is 0 Å². The summed E-state index contributed by atoms with van der Waals surface area (Å²) in [6, 6.07) is 6.18. The second kappa shape index (κ2) is 3.61. The maximum Gasteiger partial charge on any atom is 0.0349 e. The van der Waals surface area contributed by atoms with E-state index in [-0.39, 0.29) is 0 Å². The molecule has 0 spiro atoms. The molecule has 0 saturated heterocycles. The highest BCUT2D eigenvalue weighted by atomic mass is 14.6. The van der Waals surface area contributed by atoms with E-state index in [1.165, 1.54) is 11.1 Å². The Kier molecular flexibility index (Phi) is 2.74. The molecular weight excluding hydrogens is 146 g/mol. The molecular formula is C11H17N. The number of benzene rings is 1. The molecule has 0 amide bonds. The molecule has 1 aromatic carbocycles. The molecule has 2 N–H and O–H groups in total. The molecule has 0 bridgehead atoms. The maximum atomic E-state index is 5.87. The van der Waals surface area contributed by atoms with Gasteiger partial charge in [-0.3, -0.25) is 0 Å². The van der Waals surface area contributed by atoms with Gasteiger partial charge in [-0.1, -0.05) is 32.9 Å². The van der Waals surface area contributed by atoms with Crippen molar-refractivity contribution in [1.29, 1.82) is 0 Å². The van der Waals surface area contributed by atoms with Crippen LogP contribution in [0.25, 0.3) is 0 Å². The van der Waals surface area contributed by atoms with Crippen molar-refractivity contribution < 1.29 is 0 Å². The molecule has 0 unspecified atom stereocenters. The van der Waals surface area contributed by atoms with Crippen molar-refractivity contribution in [3.05, 3.63) is 29.3 Å². The van der Waals surface area contributed by atoms with Gasteiger partial charge in [0.25, 0.3) is 0 Å². The van der Waals surface area contributed by atoms with Gasteiger partial charge in [0.15, 0.2) is 0 Å². The first-order chi connectivity index (χ1) is 5.66. The zero-order chi connectivity index (χ0) is 9.14. The molecule has 0 radical (unpaired) electrons. The Hall–Kier alpha value is -0.980. The fraction of sp³-hybridized carbons (Fsp3) is 0.455. The van der Waals surface area contributed by atoms with Gasteiger partial charge in [-0.2, -0.15) is 0 Å². The van der Waals surface area contributed by atoms with E-state index in [4.69, 9.17) is 5.73 Å². The van der Waals surface area contributed by atoms with Gasteiger partial charge in [0.2, 0.25) is 0 Å². The standard InChI is InChI=1S/C11H17N/c1-4-9-10(8(2)3)6-5-7-11(9)12/h5-8H,4,12H2,1-3H3. The van der Waals surface area contributed by atoms with Gasteiger partial charge in [-0.15, -0.1) is 0 Å². The van der Waals surface area contributed by atoms with Gasteiger partial charge in [-0.25, -0.2) is 0 Å². The first-order valence-electron chi connectivity index (χ1n) is 4.54. The molecule has 0 fully saturated rings. The van der Waals surface area contributed by atoms with E-state index in [1.54, 1.807) is 0 Å². The average molecular weight is 163 g/mol. The monoisotopic (exact) mass is 163 g/mol. The summed E-state index contributed by atoms with van der Waals surface area (Å²) < 4.78 is 0. The minimum atomic E-state index is 0.573. The SMILES string of the molecule is CCc1c(N)cccc1C(C)C. The van der Waals surface area contributed by atoms with Crippen LogP contribution in [-0.2, 0) is 6.42 Å². The topological polar surface area (TPSA) is 26.0 Å². The summed E-state index contributed by atoms with van der Waals surface area (Å²) in [6.45, 7) is 6.56. The smallest absolute Gasteiger partial charge is 0.0349 e. The lowest BCUT2D eigenvalue weighted by Crippen LogP contribution is -1.99. The van der Waals surface area contributed by atoms with Crippen molar-refractivity contribution >= 4 is 5.69 Å². The van der Waals surface area contributed by atoms with Gasteiger partial charge >= 0.3 is 0 Å². The highest BCUT2D eigenvalue weighted by Crippen LogP contribution is 2.24. The second-order valence-electron chi connectivity index (χ2n) is 3.42. The molecule has 0 aliphatic rings. The zero-order valence-electron chi connectivity index (χ0n) is 8.09. The van der Waals surface area contributed by atoms with Gasteiger partial charge in [0.05, 0.1) is 0 Å². The third-order valence-electron chi connectivity index (χ3n) is 2.22. The minimum absolute atomic E-state index is 0.573. The lowest BCUT2D eigenvalue weighted by atomic mass is 9.94. The van der Waals surface area contributed by atoms with Crippen LogP contribution in [0.3, 0.4) is 0 Å².